The molecule has 1 atom stereocenters. The third-order valence-electron chi connectivity index (χ3n) is 2.41. The van der Waals surface area contributed by atoms with Gasteiger partial charge in [-0.3, -0.25) is 0 Å². The average molecular weight is 145 g/mol. The third-order valence-corrected chi connectivity index (χ3v) is 2.41. The van der Waals surface area contributed by atoms with Crippen LogP contribution in [-0.2, 0) is 0 Å². The van der Waals surface area contributed by atoms with Crippen LogP contribution in [0.2, 0.25) is 0 Å². The van der Waals surface area contributed by atoms with Crippen LogP contribution in [0.1, 0.15) is 40.0 Å². The summed E-state index contributed by atoms with van der Waals surface area (Å²) >= 11 is 0. The minimum atomic E-state index is -0.648. The van der Waals surface area contributed by atoms with Crippen LogP contribution in [0.4, 0.5) is 0 Å². The number of nitrogens with two attached hydrogens (primary N) is 1. The van der Waals surface area contributed by atoms with Gasteiger partial charge in [-0.25, -0.2) is 0 Å². The molecule has 0 aliphatic carbocycles. The molecule has 0 radical (unpaired) electrons. The molecule has 0 aromatic heterocycles. The van der Waals surface area contributed by atoms with E-state index < -0.39 is 6.23 Å². The van der Waals surface area contributed by atoms with Crippen LogP contribution in [0.5, 0.6) is 0 Å². The molecular formula is C8H19NO. The van der Waals surface area contributed by atoms with Crippen molar-refractivity contribution in [1.29, 1.82) is 0 Å². The molecule has 2 heteroatoms. The van der Waals surface area contributed by atoms with Gasteiger partial charge in [0.25, 0.3) is 0 Å². The molecule has 0 heterocycles. The predicted molar refractivity (Wildman–Crippen MR) is 43.5 cm³/mol. The van der Waals surface area contributed by atoms with Crippen molar-refractivity contribution in [3.05, 3.63) is 0 Å². The number of aliphatic hydroxyl groups is 1. The Morgan fingerprint density at radius 2 is 1.80 bits per heavy atom. The zero-order valence-electron chi connectivity index (χ0n) is 7.22. The summed E-state index contributed by atoms with van der Waals surface area (Å²) in [4.78, 5) is 0. The normalized spacial score (nSPS) is 15.3. The monoisotopic (exact) mass is 145 g/mol. The quantitative estimate of drug-likeness (QED) is 0.588. The van der Waals surface area contributed by atoms with E-state index in [1.807, 2.05) is 0 Å². The summed E-state index contributed by atoms with van der Waals surface area (Å²) in [6, 6.07) is 0. The van der Waals surface area contributed by atoms with Crippen molar-refractivity contribution in [2.45, 2.75) is 46.3 Å². The highest BCUT2D eigenvalue weighted by molar-refractivity contribution is 4.72. The first-order valence-electron chi connectivity index (χ1n) is 3.97. The Morgan fingerprint density at radius 3 is 1.90 bits per heavy atom. The molecule has 0 aliphatic heterocycles. The van der Waals surface area contributed by atoms with Crippen molar-refractivity contribution in [3.8, 4) is 0 Å². The first kappa shape index (κ1) is 9.92. The van der Waals surface area contributed by atoms with Crippen molar-refractivity contribution in [2.24, 2.45) is 11.1 Å². The van der Waals surface area contributed by atoms with Crippen LogP contribution in [0.3, 0.4) is 0 Å². The van der Waals surface area contributed by atoms with Crippen LogP contribution in [0.15, 0.2) is 0 Å². The molecule has 1 unspecified atom stereocenters. The van der Waals surface area contributed by atoms with Gasteiger partial charge in [-0.05, 0) is 11.8 Å². The second-order valence-electron chi connectivity index (χ2n) is 3.29. The number of hydrogen-bond donors (Lipinski definition) is 2. The van der Waals surface area contributed by atoms with Gasteiger partial charge >= 0.3 is 0 Å². The number of aliphatic hydroxyl groups excluding tert-OH is 1. The second-order valence-corrected chi connectivity index (χ2v) is 3.29. The van der Waals surface area contributed by atoms with E-state index in [2.05, 4.69) is 20.8 Å². The van der Waals surface area contributed by atoms with E-state index in [0.29, 0.717) is 6.42 Å². The maximum absolute atomic E-state index is 8.93. The van der Waals surface area contributed by atoms with Crippen molar-refractivity contribution in [3.63, 3.8) is 0 Å². The van der Waals surface area contributed by atoms with E-state index in [1.165, 1.54) is 0 Å². The molecule has 0 saturated carbocycles. The van der Waals surface area contributed by atoms with E-state index in [4.69, 9.17) is 10.8 Å². The average Bonchev–Trinajstić information content (AvgIpc) is 1.87. The molecule has 2 nitrogen and oxygen atoms in total. The summed E-state index contributed by atoms with van der Waals surface area (Å²) in [5.74, 6) is 0. The van der Waals surface area contributed by atoms with Gasteiger partial charge in [-0.1, -0.05) is 33.6 Å². The molecule has 0 amide bonds. The molecule has 0 aromatic carbocycles. The first-order chi connectivity index (χ1) is 4.54. The van der Waals surface area contributed by atoms with E-state index in [1.54, 1.807) is 0 Å². The molecule has 62 valence electrons. The Labute approximate surface area is 63.4 Å². The summed E-state index contributed by atoms with van der Waals surface area (Å²) in [5.41, 5.74) is 5.52. The smallest absolute Gasteiger partial charge is 0.102 e. The Morgan fingerprint density at radius 1 is 1.40 bits per heavy atom. The molecule has 0 spiro atoms. The minimum absolute atomic E-state index is 0.230. The summed E-state index contributed by atoms with van der Waals surface area (Å²) in [6.07, 6.45) is 2.22. The van der Waals surface area contributed by atoms with E-state index >= 15 is 0 Å². The lowest BCUT2D eigenvalue weighted by Gasteiger charge is -2.27. The highest BCUT2D eigenvalue weighted by Crippen LogP contribution is 2.29. The highest BCUT2D eigenvalue weighted by Gasteiger charge is 2.21. The maximum atomic E-state index is 8.93. The largest absolute Gasteiger partial charge is 0.379 e. The molecule has 3 N–H and O–H groups in total. The van der Waals surface area contributed by atoms with Gasteiger partial charge in [0.1, 0.15) is 6.23 Å². The predicted octanol–water partition coefficient (Wildman–Crippen LogP) is 1.48. The Hall–Kier alpha value is -0.0800. The third kappa shape index (κ3) is 3.18. The second kappa shape index (κ2) is 3.94. The summed E-state index contributed by atoms with van der Waals surface area (Å²) in [7, 11) is 0. The van der Waals surface area contributed by atoms with Crippen molar-refractivity contribution < 1.29 is 5.11 Å². The molecule has 10 heavy (non-hydrogen) atoms. The zero-order chi connectivity index (χ0) is 8.20. The van der Waals surface area contributed by atoms with Crippen LogP contribution >= 0.6 is 0 Å². The molecule has 0 saturated heterocycles. The van der Waals surface area contributed by atoms with Gasteiger partial charge in [-0.2, -0.15) is 0 Å². The Kier molecular flexibility index (Phi) is 3.91. The SMILES string of the molecule is CCC(C)(CC)CC(N)O. The van der Waals surface area contributed by atoms with Crippen molar-refractivity contribution >= 4 is 0 Å². The molecule has 0 bridgehead atoms. The lowest BCUT2D eigenvalue weighted by atomic mass is 9.81. The fraction of sp³-hybridized carbons (Fsp3) is 1.00. The maximum Gasteiger partial charge on any atom is 0.102 e. The van der Waals surface area contributed by atoms with E-state index in [-0.39, 0.29) is 5.41 Å². The molecule has 0 aliphatic rings. The van der Waals surface area contributed by atoms with Gasteiger partial charge in [-0.15, -0.1) is 0 Å². The molecule has 0 aromatic rings. The summed E-state index contributed by atoms with van der Waals surface area (Å²) < 4.78 is 0. The number of hydrogen-bond acceptors (Lipinski definition) is 2. The molecular weight excluding hydrogens is 126 g/mol. The minimum Gasteiger partial charge on any atom is -0.379 e. The molecule has 0 rings (SSSR count). The summed E-state index contributed by atoms with van der Waals surface area (Å²) in [5, 5.41) is 8.93. The lowest BCUT2D eigenvalue weighted by molar-refractivity contribution is 0.105. The zero-order valence-corrected chi connectivity index (χ0v) is 7.22. The lowest BCUT2D eigenvalue weighted by Crippen LogP contribution is -2.28. The Balaban J connectivity index is 3.80. The Bertz CT molecular complexity index is 87.3. The molecule has 0 fully saturated rings. The van der Waals surface area contributed by atoms with Gasteiger partial charge in [0.05, 0.1) is 0 Å². The van der Waals surface area contributed by atoms with E-state index in [0.717, 1.165) is 12.8 Å². The topological polar surface area (TPSA) is 46.2 Å². The van der Waals surface area contributed by atoms with Crippen molar-refractivity contribution in [2.75, 3.05) is 0 Å². The van der Waals surface area contributed by atoms with Crippen LogP contribution in [0.25, 0.3) is 0 Å². The van der Waals surface area contributed by atoms with Gasteiger partial charge in [0, 0.05) is 0 Å². The van der Waals surface area contributed by atoms with E-state index in [9.17, 15) is 0 Å². The van der Waals surface area contributed by atoms with Crippen LogP contribution in [-0.4, -0.2) is 11.3 Å². The van der Waals surface area contributed by atoms with Gasteiger partial charge in [0.2, 0.25) is 0 Å². The van der Waals surface area contributed by atoms with Crippen molar-refractivity contribution in [1.82, 2.24) is 0 Å². The fourth-order valence-corrected chi connectivity index (χ4v) is 1.04. The van der Waals surface area contributed by atoms with Gasteiger partial charge in [0.15, 0.2) is 0 Å². The first-order valence-corrected chi connectivity index (χ1v) is 3.97. The van der Waals surface area contributed by atoms with Crippen LogP contribution in [0, 0.1) is 5.41 Å². The fourth-order valence-electron chi connectivity index (χ4n) is 1.04. The van der Waals surface area contributed by atoms with Crippen LogP contribution < -0.4 is 5.73 Å². The highest BCUT2D eigenvalue weighted by atomic mass is 16.3. The number of rotatable bonds is 4. The van der Waals surface area contributed by atoms with Gasteiger partial charge < -0.3 is 10.8 Å². The summed E-state index contributed by atoms with van der Waals surface area (Å²) in [6.45, 7) is 6.42. The standard InChI is InChI=1S/C8H19NO/c1-4-8(3,5-2)6-7(9)10/h7,10H,4-6,9H2,1-3H3.